The molecule has 0 saturated carbocycles. The third-order valence-electron chi connectivity index (χ3n) is 2.60. The minimum Gasteiger partial charge on any atom is -0.303 e. The van der Waals surface area contributed by atoms with Crippen LogP contribution < -0.4 is 0 Å². The summed E-state index contributed by atoms with van der Waals surface area (Å²) in [5.74, 6) is 0. The standard InChI is InChI=1S/C11H23N.C2H6/c1-11(2,3)7-6-10-12-8-4-5-9-12;1-2/h4-10H2,1-3H3;1-2H3. The Morgan fingerprint density at radius 1 is 1.00 bits per heavy atom. The van der Waals surface area contributed by atoms with Crippen molar-refractivity contribution in [2.24, 2.45) is 5.41 Å². The van der Waals surface area contributed by atoms with Crippen molar-refractivity contribution in [2.75, 3.05) is 19.6 Å². The van der Waals surface area contributed by atoms with Gasteiger partial charge in [0.2, 0.25) is 0 Å². The zero-order valence-electron chi connectivity index (χ0n) is 10.9. The minimum absolute atomic E-state index is 0.528. The highest BCUT2D eigenvalue weighted by atomic mass is 15.1. The first-order valence-corrected chi connectivity index (χ1v) is 6.30. The van der Waals surface area contributed by atoms with Gasteiger partial charge < -0.3 is 4.90 Å². The maximum atomic E-state index is 2.60. The van der Waals surface area contributed by atoms with Crippen LogP contribution >= 0.6 is 0 Å². The molecule has 86 valence electrons. The van der Waals surface area contributed by atoms with E-state index in [9.17, 15) is 0 Å². The Bertz CT molecular complexity index is 118. The van der Waals surface area contributed by atoms with Crippen LogP contribution in [0.3, 0.4) is 0 Å². The molecular formula is C13H29N. The lowest BCUT2D eigenvalue weighted by molar-refractivity contribution is 0.289. The van der Waals surface area contributed by atoms with Gasteiger partial charge in [-0.15, -0.1) is 0 Å². The Hall–Kier alpha value is -0.0400. The minimum atomic E-state index is 0.528. The van der Waals surface area contributed by atoms with E-state index in [1.165, 1.54) is 45.3 Å². The van der Waals surface area contributed by atoms with Gasteiger partial charge in [-0.1, -0.05) is 34.6 Å². The van der Waals surface area contributed by atoms with Crippen molar-refractivity contribution in [3.63, 3.8) is 0 Å². The molecule has 0 aromatic carbocycles. The van der Waals surface area contributed by atoms with Gasteiger partial charge in [-0.05, 0) is 50.7 Å². The van der Waals surface area contributed by atoms with Crippen molar-refractivity contribution in [1.29, 1.82) is 0 Å². The Morgan fingerprint density at radius 3 is 1.93 bits per heavy atom. The van der Waals surface area contributed by atoms with Crippen molar-refractivity contribution in [3.8, 4) is 0 Å². The van der Waals surface area contributed by atoms with Crippen LogP contribution in [0, 0.1) is 5.41 Å². The molecule has 0 radical (unpaired) electrons. The van der Waals surface area contributed by atoms with E-state index in [-0.39, 0.29) is 0 Å². The topological polar surface area (TPSA) is 3.24 Å². The predicted octanol–water partition coefficient (Wildman–Crippen LogP) is 3.93. The maximum absolute atomic E-state index is 2.60. The monoisotopic (exact) mass is 199 g/mol. The largest absolute Gasteiger partial charge is 0.303 e. The zero-order chi connectivity index (χ0) is 11.0. The van der Waals surface area contributed by atoms with Crippen LogP contribution in [0.4, 0.5) is 0 Å². The first-order valence-electron chi connectivity index (χ1n) is 6.30. The highest BCUT2D eigenvalue weighted by Crippen LogP contribution is 2.21. The summed E-state index contributed by atoms with van der Waals surface area (Å²) >= 11 is 0. The molecule has 1 fully saturated rings. The molecule has 0 amide bonds. The highest BCUT2D eigenvalue weighted by Gasteiger charge is 2.13. The summed E-state index contributed by atoms with van der Waals surface area (Å²) in [6.45, 7) is 15.0. The number of hydrogen-bond donors (Lipinski definition) is 0. The van der Waals surface area contributed by atoms with E-state index in [0.29, 0.717) is 5.41 Å². The SMILES string of the molecule is CC.CC(C)(C)CCCN1CCCC1. The molecule has 0 aliphatic carbocycles. The molecule has 1 rings (SSSR count). The Kier molecular flexibility index (Phi) is 7.26. The Morgan fingerprint density at radius 2 is 1.50 bits per heavy atom. The van der Waals surface area contributed by atoms with Gasteiger partial charge in [0.15, 0.2) is 0 Å². The van der Waals surface area contributed by atoms with E-state index < -0.39 is 0 Å². The normalized spacial score (nSPS) is 17.8. The smallest absolute Gasteiger partial charge is 0.00183 e. The highest BCUT2D eigenvalue weighted by molar-refractivity contribution is 4.68. The second-order valence-electron chi connectivity index (χ2n) is 5.21. The van der Waals surface area contributed by atoms with Gasteiger partial charge in [0, 0.05) is 0 Å². The molecule has 1 heterocycles. The average molecular weight is 199 g/mol. The van der Waals surface area contributed by atoms with E-state index in [2.05, 4.69) is 25.7 Å². The Balaban J connectivity index is 0.000000791. The third kappa shape index (κ3) is 7.37. The summed E-state index contributed by atoms with van der Waals surface area (Å²) < 4.78 is 0. The van der Waals surface area contributed by atoms with Crippen molar-refractivity contribution >= 4 is 0 Å². The van der Waals surface area contributed by atoms with Gasteiger partial charge in [0.05, 0.1) is 0 Å². The second kappa shape index (κ2) is 7.28. The first-order chi connectivity index (χ1) is 6.58. The summed E-state index contributed by atoms with van der Waals surface area (Å²) in [5, 5.41) is 0. The second-order valence-corrected chi connectivity index (χ2v) is 5.21. The van der Waals surface area contributed by atoms with Crippen molar-refractivity contribution in [2.45, 2.75) is 60.3 Å². The van der Waals surface area contributed by atoms with Gasteiger partial charge in [-0.25, -0.2) is 0 Å². The average Bonchev–Trinajstić information content (AvgIpc) is 2.58. The fraction of sp³-hybridized carbons (Fsp3) is 1.00. The summed E-state index contributed by atoms with van der Waals surface area (Å²) in [4.78, 5) is 2.60. The zero-order valence-corrected chi connectivity index (χ0v) is 10.9. The van der Waals surface area contributed by atoms with Gasteiger partial charge >= 0.3 is 0 Å². The molecule has 0 aromatic rings. The fourth-order valence-corrected chi connectivity index (χ4v) is 1.84. The van der Waals surface area contributed by atoms with Crippen LogP contribution in [0.5, 0.6) is 0 Å². The summed E-state index contributed by atoms with van der Waals surface area (Å²) in [7, 11) is 0. The lowest BCUT2D eigenvalue weighted by atomic mass is 9.90. The summed E-state index contributed by atoms with van der Waals surface area (Å²) in [6, 6.07) is 0. The molecule has 0 atom stereocenters. The first kappa shape index (κ1) is 14.0. The molecule has 0 N–H and O–H groups in total. The molecular weight excluding hydrogens is 170 g/mol. The fourth-order valence-electron chi connectivity index (χ4n) is 1.84. The lowest BCUT2D eigenvalue weighted by Crippen LogP contribution is -2.21. The van der Waals surface area contributed by atoms with E-state index >= 15 is 0 Å². The van der Waals surface area contributed by atoms with Crippen LogP contribution in [-0.4, -0.2) is 24.5 Å². The maximum Gasteiger partial charge on any atom is -0.00183 e. The molecule has 0 spiro atoms. The van der Waals surface area contributed by atoms with E-state index in [1.54, 1.807) is 0 Å². The molecule has 1 nitrogen and oxygen atoms in total. The van der Waals surface area contributed by atoms with Gasteiger partial charge in [0.25, 0.3) is 0 Å². The molecule has 1 aliphatic rings. The van der Waals surface area contributed by atoms with Crippen LogP contribution in [0.25, 0.3) is 0 Å². The van der Waals surface area contributed by atoms with Crippen LogP contribution in [-0.2, 0) is 0 Å². The summed E-state index contributed by atoms with van der Waals surface area (Å²) in [6.07, 6.45) is 5.60. The molecule has 0 bridgehead atoms. The van der Waals surface area contributed by atoms with Gasteiger partial charge in [0.1, 0.15) is 0 Å². The molecule has 1 aliphatic heterocycles. The summed E-state index contributed by atoms with van der Waals surface area (Å²) in [5.41, 5.74) is 0.528. The van der Waals surface area contributed by atoms with Gasteiger partial charge in [-0.2, -0.15) is 0 Å². The molecule has 0 unspecified atom stereocenters. The molecule has 1 saturated heterocycles. The van der Waals surface area contributed by atoms with Crippen molar-refractivity contribution < 1.29 is 0 Å². The number of nitrogens with zero attached hydrogens (tertiary/aromatic N) is 1. The van der Waals surface area contributed by atoms with Crippen LogP contribution in [0.15, 0.2) is 0 Å². The quantitative estimate of drug-likeness (QED) is 0.665. The Labute approximate surface area is 90.9 Å². The number of hydrogen-bond acceptors (Lipinski definition) is 1. The van der Waals surface area contributed by atoms with E-state index in [4.69, 9.17) is 0 Å². The van der Waals surface area contributed by atoms with Crippen molar-refractivity contribution in [1.82, 2.24) is 4.90 Å². The third-order valence-corrected chi connectivity index (χ3v) is 2.60. The lowest BCUT2D eigenvalue weighted by Gasteiger charge is -2.20. The molecule has 0 aromatic heterocycles. The van der Waals surface area contributed by atoms with E-state index in [0.717, 1.165) is 0 Å². The molecule has 14 heavy (non-hydrogen) atoms. The number of rotatable bonds is 3. The van der Waals surface area contributed by atoms with Crippen LogP contribution in [0.1, 0.15) is 60.3 Å². The predicted molar refractivity (Wildman–Crippen MR) is 65.7 cm³/mol. The number of likely N-dealkylation sites (tertiary alicyclic amines) is 1. The van der Waals surface area contributed by atoms with Crippen molar-refractivity contribution in [3.05, 3.63) is 0 Å². The van der Waals surface area contributed by atoms with Crippen LogP contribution in [0.2, 0.25) is 0 Å². The molecule has 1 heteroatoms. The van der Waals surface area contributed by atoms with Gasteiger partial charge in [-0.3, -0.25) is 0 Å². The van der Waals surface area contributed by atoms with E-state index in [1.807, 2.05) is 13.8 Å².